The number of piperidine rings is 1. The number of para-hydroxylation sites is 1. The van der Waals surface area contributed by atoms with Crippen LogP contribution in [-0.4, -0.2) is 29.1 Å². The van der Waals surface area contributed by atoms with Crippen LogP contribution in [-0.2, 0) is 0 Å². The van der Waals surface area contributed by atoms with Crippen LogP contribution in [0.25, 0.3) is 0 Å². The number of halogens is 1. The number of rotatable bonds is 3. The van der Waals surface area contributed by atoms with Crippen molar-refractivity contribution >= 4 is 11.5 Å². The van der Waals surface area contributed by atoms with Gasteiger partial charge in [-0.1, -0.05) is 6.07 Å². The minimum absolute atomic E-state index is 0.162. The zero-order valence-electron chi connectivity index (χ0n) is 12.0. The summed E-state index contributed by atoms with van der Waals surface area (Å²) in [5.74, 6) is 0.414. The highest BCUT2D eigenvalue weighted by Crippen LogP contribution is 2.27. The van der Waals surface area contributed by atoms with E-state index in [9.17, 15) is 9.65 Å². The van der Waals surface area contributed by atoms with Crippen molar-refractivity contribution < 1.29 is 4.39 Å². The van der Waals surface area contributed by atoms with Crippen LogP contribution in [0.15, 0.2) is 36.8 Å². The van der Waals surface area contributed by atoms with Gasteiger partial charge in [0.15, 0.2) is 0 Å². The quantitative estimate of drug-likeness (QED) is 0.943. The molecule has 0 aliphatic carbocycles. The summed E-state index contributed by atoms with van der Waals surface area (Å²) in [5, 5.41) is 12.5. The lowest BCUT2D eigenvalue weighted by Gasteiger charge is -2.35. The van der Waals surface area contributed by atoms with E-state index in [0.29, 0.717) is 17.8 Å². The van der Waals surface area contributed by atoms with Gasteiger partial charge in [0, 0.05) is 25.3 Å². The molecular formula is C16H16FN5. The second-order valence-electron chi connectivity index (χ2n) is 5.27. The number of hydrogen-bond acceptors (Lipinski definition) is 5. The number of hydrogen-bond donors (Lipinski definition) is 1. The van der Waals surface area contributed by atoms with E-state index in [-0.39, 0.29) is 11.9 Å². The number of aromatic nitrogens is 2. The van der Waals surface area contributed by atoms with Crippen molar-refractivity contribution in [2.45, 2.75) is 18.9 Å². The highest BCUT2D eigenvalue weighted by molar-refractivity contribution is 5.60. The summed E-state index contributed by atoms with van der Waals surface area (Å²) in [4.78, 5) is 9.98. The van der Waals surface area contributed by atoms with E-state index in [1.54, 1.807) is 18.3 Å². The highest BCUT2D eigenvalue weighted by atomic mass is 19.1. The number of nitriles is 1. The fraction of sp³-hybridized carbons (Fsp3) is 0.312. The summed E-state index contributed by atoms with van der Waals surface area (Å²) in [7, 11) is 0. The third-order valence-corrected chi connectivity index (χ3v) is 3.78. The Labute approximate surface area is 128 Å². The van der Waals surface area contributed by atoms with E-state index in [0.717, 1.165) is 25.2 Å². The van der Waals surface area contributed by atoms with E-state index in [4.69, 9.17) is 0 Å². The molecule has 1 unspecified atom stereocenters. The Balaban J connectivity index is 1.78. The lowest BCUT2D eigenvalue weighted by molar-refractivity contribution is 0.517. The third-order valence-electron chi connectivity index (χ3n) is 3.78. The number of benzene rings is 1. The molecule has 112 valence electrons. The van der Waals surface area contributed by atoms with E-state index >= 15 is 0 Å². The van der Waals surface area contributed by atoms with Crippen LogP contribution in [0.5, 0.6) is 0 Å². The van der Waals surface area contributed by atoms with Crippen LogP contribution in [0.4, 0.5) is 15.9 Å². The molecule has 0 spiro atoms. The van der Waals surface area contributed by atoms with Crippen molar-refractivity contribution in [3.63, 3.8) is 0 Å². The molecule has 1 aliphatic heterocycles. The molecule has 0 radical (unpaired) electrons. The van der Waals surface area contributed by atoms with Gasteiger partial charge in [0.1, 0.15) is 24.0 Å². The zero-order chi connectivity index (χ0) is 15.4. The molecule has 3 rings (SSSR count). The summed E-state index contributed by atoms with van der Waals surface area (Å²) in [6, 6.07) is 8.67. The molecule has 0 bridgehead atoms. The second-order valence-corrected chi connectivity index (χ2v) is 5.27. The highest BCUT2D eigenvalue weighted by Gasteiger charge is 2.24. The number of anilines is 2. The van der Waals surface area contributed by atoms with Gasteiger partial charge < -0.3 is 10.2 Å². The summed E-state index contributed by atoms with van der Waals surface area (Å²) < 4.78 is 14.1. The Morgan fingerprint density at radius 2 is 2.27 bits per heavy atom. The van der Waals surface area contributed by atoms with E-state index in [1.165, 1.54) is 12.4 Å². The van der Waals surface area contributed by atoms with Gasteiger partial charge in [-0.05, 0) is 31.0 Å². The summed E-state index contributed by atoms with van der Waals surface area (Å²) in [5.41, 5.74) is 0.780. The largest absolute Gasteiger partial charge is 0.366 e. The summed E-state index contributed by atoms with van der Waals surface area (Å²) in [6.45, 7) is 1.39. The summed E-state index contributed by atoms with van der Waals surface area (Å²) in [6.07, 6.45) is 5.09. The minimum Gasteiger partial charge on any atom is -0.366 e. The predicted molar refractivity (Wildman–Crippen MR) is 82.0 cm³/mol. The molecular weight excluding hydrogens is 281 g/mol. The first kappa shape index (κ1) is 14.3. The molecule has 1 aromatic heterocycles. The molecule has 1 atom stereocenters. The monoisotopic (exact) mass is 297 g/mol. The van der Waals surface area contributed by atoms with Crippen molar-refractivity contribution in [3.05, 3.63) is 48.2 Å². The van der Waals surface area contributed by atoms with Gasteiger partial charge in [-0.25, -0.2) is 14.4 Å². The average Bonchev–Trinajstić information content (AvgIpc) is 2.55. The molecule has 0 saturated carbocycles. The fourth-order valence-corrected chi connectivity index (χ4v) is 2.81. The van der Waals surface area contributed by atoms with Gasteiger partial charge in [0.05, 0.1) is 11.3 Å². The molecule has 1 saturated heterocycles. The smallest absolute Gasteiger partial charge is 0.147 e. The predicted octanol–water partition coefficient (Wildman–Crippen LogP) is 2.57. The van der Waals surface area contributed by atoms with Crippen LogP contribution in [0, 0.1) is 17.1 Å². The number of nitrogens with one attached hydrogen (secondary N) is 1. The fourth-order valence-electron chi connectivity index (χ4n) is 2.81. The zero-order valence-corrected chi connectivity index (χ0v) is 12.0. The van der Waals surface area contributed by atoms with Crippen molar-refractivity contribution in [2.24, 2.45) is 0 Å². The molecule has 1 aliphatic rings. The van der Waals surface area contributed by atoms with Gasteiger partial charge >= 0.3 is 0 Å². The van der Waals surface area contributed by atoms with E-state index in [2.05, 4.69) is 21.4 Å². The Hall–Kier alpha value is -2.68. The topological polar surface area (TPSA) is 64.8 Å². The van der Waals surface area contributed by atoms with Crippen molar-refractivity contribution in [1.29, 1.82) is 5.26 Å². The average molecular weight is 297 g/mol. The van der Waals surface area contributed by atoms with Crippen LogP contribution < -0.4 is 10.2 Å². The van der Waals surface area contributed by atoms with Crippen LogP contribution in [0.3, 0.4) is 0 Å². The molecule has 22 heavy (non-hydrogen) atoms. The Morgan fingerprint density at radius 1 is 1.36 bits per heavy atom. The first-order valence-corrected chi connectivity index (χ1v) is 7.24. The molecule has 2 heterocycles. The maximum absolute atomic E-state index is 14.1. The van der Waals surface area contributed by atoms with Crippen LogP contribution in [0.1, 0.15) is 18.4 Å². The second kappa shape index (κ2) is 6.39. The molecule has 1 aromatic carbocycles. The minimum atomic E-state index is -0.346. The SMILES string of the molecule is N#Cc1cccc(F)c1N1CCCC(Nc2ccncn2)C1. The molecule has 1 fully saturated rings. The number of nitrogens with zero attached hydrogens (tertiary/aromatic N) is 4. The molecule has 5 nitrogen and oxygen atoms in total. The van der Waals surface area contributed by atoms with Gasteiger partial charge in [0.2, 0.25) is 0 Å². The van der Waals surface area contributed by atoms with Gasteiger partial charge in [-0.15, -0.1) is 0 Å². The van der Waals surface area contributed by atoms with Crippen LogP contribution in [0.2, 0.25) is 0 Å². The van der Waals surface area contributed by atoms with Gasteiger partial charge in [0.25, 0.3) is 0 Å². The lowest BCUT2D eigenvalue weighted by atomic mass is 10.0. The first-order valence-electron chi connectivity index (χ1n) is 7.24. The van der Waals surface area contributed by atoms with E-state index < -0.39 is 0 Å². The molecule has 1 N–H and O–H groups in total. The summed E-state index contributed by atoms with van der Waals surface area (Å²) >= 11 is 0. The molecule has 2 aromatic rings. The van der Waals surface area contributed by atoms with Crippen molar-refractivity contribution in [3.8, 4) is 6.07 Å². The Kier molecular flexibility index (Phi) is 4.15. The van der Waals surface area contributed by atoms with Crippen molar-refractivity contribution in [1.82, 2.24) is 9.97 Å². The maximum atomic E-state index is 14.1. The van der Waals surface area contributed by atoms with Gasteiger partial charge in [-0.2, -0.15) is 5.26 Å². The van der Waals surface area contributed by atoms with Crippen molar-refractivity contribution in [2.75, 3.05) is 23.3 Å². The normalized spacial score (nSPS) is 17.8. The maximum Gasteiger partial charge on any atom is 0.147 e. The third kappa shape index (κ3) is 2.98. The van der Waals surface area contributed by atoms with E-state index in [1.807, 2.05) is 11.0 Å². The Bertz CT molecular complexity index is 683. The van der Waals surface area contributed by atoms with Crippen LogP contribution >= 0.6 is 0 Å². The molecule has 0 amide bonds. The first-order chi connectivity index (χ1) is 10.8. The van der Waals surface area contributed by atoms with Gasteiger partial charge in [-0.3, -0.25) is 0 Å². The Morgan fingerprint density at radius 3 is 3.05 bits per heavy atom. The molecule has 6 heteroatoms. The standard InChI is InChI=1S/C16H16FN5/c17-14-5-1-3-12(9-18)16(14)22-8-2-4-13(10-22)21-15-6-7-19-11-20-15/h1,3,5-7,11,13H,2,4,8,10H2,(H,19,20,21). The lowest BCUT2D eigenvalue weighted by Crippen LogP contribution is -2.43.